The number of benzene rings is 3. The summed E-state index contributed by atoms with van der Waals surface area (Å²) in [6.45, 7) is 2.23. The first-order chi connectivity index (χ1) is 16.8. The van der Waals surface area contributed by atoms with Crippen molar-refractivity contribution in [2.45, 2.75) is 24.3 Å². The lowest BCUT2D eigenvalue weighted by Gasteiger charge is -2.36. The molecule has 0 spiro atoms. The van der Waals surface area contributed by atoms with Crippen LogP contribution >= 0.6 is 0 Å². The number of nitrogens with zero attached hydrogens (tertiary/aromatic N) is 1. The molecule has 9 nitrogen and oxygen atoms in total. The number of carbonyl (C=O) groups is 2. The topological polar surface area (TPSA) is 114 Å². The SMILES string of the molecule is CCOc1ccccc1NC(=O)C[C@@H]1C(=O)Nc2ccccc2N1S(=O)(=O)c1ccc(OC)cc1. The normalized spacial score (nSPS) is 15.1. The minimum atomic E-state index is -4.21. The Kier molecular flexibility index (Phi) is 6.92. The van der Waals surface area contributed by atoms with Crippen molar-refractivity contribution in [3.63, 3.8) is 0 Å². The van der Waals surface area contributed by atoms with E-state index < -0.39 is 34.3 Å². The zero-order valence-electron chi connectivity index (χ0n) is 19.2. The highest BCUT2D eigenvalue weighted by atomic mass is 32.2. The monoisotopic (exact) mass is 495 g/mol. The van der Waals surface area contributed by atoms with Crippen molar-refractivity contribution in [1.29, 1.82) is 0 Å². The van der Waals surface area contributed by atoms with Gasteiger partial charge in [0, 0.05) is 0 Å². The van der Waals surface area contributed by atoms with Gasteiger partial charge in [-0.25, -0.2) is 8.42 Å². The molecule has 1 aliphatic rings. The summed E-state index contributed by atoms with van der Waals surface area (Å²) in [7, 11) is -2.73. The molecule has 1 aliphatic heterocycles. The van der Waals surface area contributed by atoms with E-state index in [-0.39, 0.29) is 10.6 Å². The Balaban J connectivity index is 1.69. The fraction of sp³-hybridized carbons (Fsp3) is 0.200. The fourth-order valence-electron chi connectivity index (χ4n) is 3.82. The van der Waals surface area contributed by atoms with Crippen molar-refractivity contribution in [3.8, 4) is 11.5 Å². The van der Waals surface area contributed by atoms with E-state index in [4.69, 9.17) is 9.47 Å². The molecule has 3 aromatic carbocycles. The molecule has 4 rings (SSSR count). The third-order valence-corrected chi connectivity index (χ3v) is 7.28. The number of fused-ring (bicyclic) bond motifs is 1. The number of methoxy groups -OCH3 is 1. The summed E-state index contributed by atoms with van der Waals surface area (Å²) in [5.74, 6) is -0.172. The lowest BCUT2D eigenvalue weighted by molar-refractivity contribution is -0.122. The number of nitrogens with one attached hydrogen (secondary N) is 2. The maximum atomic E-state index is 13.7. The standard InChI is InChI=1S/C25H25N3O6S/c1-3-34-23-11-7-5-9-20(23)26-24(29)16-22-25(30)27-19-8-4-6-10-21(19)28(22)35(31,32)18-14-12-17(33-2)13-15-18/h4-15,22H,3,16H2,1-2H3,(H,26,29)(H,27,30)/t22-/m1/s1. The summed E-state index contributed by atoms with van der Waals surface area (Å²) in [6, 6.07) is 18.0. The number of para-hydroxylation sites is 4. The maximum absolute atomic E-state index is 13.7. The van der Waals surface area contributed by atoms with Crippen molar-refractivity contribution >= 4 is 38.9 Å². The van der Waals surface area contributed by atoms with E-state index in [2.05, 4.69) is 10.6 Å². The van der Waals surface area contributed by atoms with Crippen LogP contribution in [0.4, 0.5) is 17.1 Å². The Labute approximate surface area is 203 Å². The van der Waals surface area contributed by atoms with Gasteiger partial charge in [0.25, 0.3) is 10.0 Å². The molecule has 182 valence electrons. The number of hydrogen-bond acceptors (Lipinski definition) is 6. The predicted octanol–water partition coefficient (Wildman–Crippen LogP) is 3.64. The van der Waals surface area contributed by atoms with E-state index in [1.54, 1.807) is 48.5 Å². The Morgan fingerprint density at radius 1 is 1.03 bits per heavy atom. The van der Waals surface area contributed by atoms with Gasteiger partial charge < -0.3 is 20.1 Å². The molecule has 10 heteroatoms. The van der Waals surface area contributed by atoms with Crippen molar-refractivity contribution < 1.29 is 27.5 Å². The molecule has 0 aliphatic carbocycles. The van der Waals surface area contributed by atoms with Crippen molar-refractivity contribution in [2.75, 3.05) is 28.7 Å². The van der Waals surface area contributed by atoms with Gasteiger partial charge >= 0.3 is 0 Å². The molecular weight excluding hydrogens is 470 g/mol. The van der Waals surface area contributed by atoms with Gasteiger partial charge in [-0.3, -0.25) is 13.9 Å². The molecule has 0 fully saturated rings. The second-order valence-electron chi connectivity index (χ2n) is 7.68. The highest BCUT2D eigenvalue weighted by molar-refractivity contribution is 7.93. The number of amides is 2. The van der Waals surface area contributed by atoms with Crippen LogP contribution in [0.15, 0.2) is 77.7 Å². The molecule has 0 saturated heterocycles. The Morgan fingerprint density at radius 2 is 1.71 bits per heavy atom. The van der Waals surface area contributed by atoms with Gasteiger partial charge in [-0.2, -0.15) is 0 Å². The highest BCUT2D eigenvalue weighted by Crippen LogP contribution is 2.37. The minimum absolute atomic E-state index is 0.0325. The molecule has 0 aromatic heterocycles. The number of hydrogen-bond donors (Lipinski definition) is 2. The van der Waals surface area contributed by atoms with E-state index in [0.717, 1.165) is 4.31 Å². The molecule has 0 bridgehead atoms. The average Bonchev–Trinajstić information content (AvgIpc) is 2.85. The number of carbonyl (C=O) groups excluding carboxylic acids is 2. The van der Waals surface area contributed by atoms with E-state index in [1.165, 1.54) is 31.4 Å². The average molecular weight is 496 g/mol. The largest absolute Gasteiger partial charge is 0.497 e. The van der Waals surface area contributed by atoms with Gasteiger partial charge in [-0.1, -0.05) is 24.3 Å². The Hall–Kier alpha value is -4.05. The summed E-state index contributed by atoms with van der Waals surface area (Å²) in [5.41, 5.74) is 1.05. The fourth-order valence-corrected chi connectivity index (χ4v) is 5.45. The Morgan fingerprint density at radius 3 is 2.43 bits per heavy atom. The maximum Gasteiger partial charge on any atom is 0.265 e. The second kappa shape index (κ2) is 10.1. The summed E-state index contributed by atoms with van der Waals surface area (Å²) < 4.78 is 39.1. The lowest BCUT2D eigenvalue weighted by Crippen LogP contribution is -2.52. The molecule has 35 heavy (non-hydrogen) atoms. The molecule has 2 amide bonds. The first kappa shape index (κ1) is 24.1. The smallest absolute Gasteiger partial charge is 0.265 e. The number of anilines is 3. The molecule has 0 saturated carbocycles. The molecule has 0 radical (unpaired) electrons. The summed E-state index contributed by atoms with van der Waals surface area (Å²) in [4.78, 5) is 26.0. The zero-order valence-corrected chi connectivity index (χ0v) is 20.0. The summed E-state index contributed by atoms with van der Waals surface area (Å²) in [5, 5.41) is 5.44. The van der Waals surface area contributed by atoms with Gasteiger partial charge in [0.1, 0.15) is 17.5 Å². The van der Waals surface area contributed by atoms with E-state index >= 15 is 0 Å². The minimum Gasteiger partial charge on any atom is -0.497 e. The van der Waals surface area contributed by atoms with Gasteiger partial charge in [0.2, 0.25) is 11.8 Å². The molecular formula is C25H25N3O6S. The van der Waals surface area contributed by atoms with Gasteiger partial charge in [-0.15, -0.1) is 0 Å². The molecule has 0 unspecified atom stereocenters. The lowest BCUT2D eigenvalue weighted by atomic mass is 10.1. The third kappa shape index (κ3) is 4.92. The number of rotatable bonds is 8. The molecule has 1 heterocycles. The molecule has 2 N–H and O–H groups in total. The van der Waals surface area contributed by atoms with Crippen LogP contribution in [0.5, 0.6) is 11.5 Å². The van der Waals surface area contributed by atoms with Crippen LogP contribution in [0.2, 0.25) is 0 Å². The van der Waals surface area contributed by atoms with Crippen LogP contribution in [0.3, 0.4) is 0 Å². The number of sulfonamides is 1. The summed E-state index contributed by atoms with van der Waals surface area (Å²) in [6.07, 6.45) is -0.407. The van der Waals surface area contributed by atoms with Crippen LogP contribution in [0.25, 0.3) is 0 Å². The molecule has 3 aromatic rings. The van der Waals surface area contributed by atoms with E-state index in [1.807, 2.05) is 6.92 Å². The zero-order chi connectivity index (χ0) is 25.0. The van der Waals surface area contributed by atoms with Gasteiger partial charge in [0.05, 0.1) is 42.1 Å². The van der Waals surface area contributed by atoms with Crippen LogP contribution < -0.4 is 24.4 Å². The first-order valence-electron chi connectivity index (χ1n) is 10.9. The van der Waals surface area contributed by atoms with Crippen LogP contribution in [0.1, 0.15) is 13.3 Å². The van der Waals surface area contributed by atoms with Crippen LogP contribution in [0, 0.1) is 0 Å². The van der Waals surface area contributed by atoms with Crippen molar-refractivity contribution in [2.24, 2.45) is 0 Å². The van der Waals surface area contributed by atoms with Crippen molar-refractivity contribution in [1.82, 2.24) is 0 Å². The highest BCUT2D eigenvalue weighted by Gasteiger charge is 2.42. The second-order valence-corrected chi connectivity index (χ2v) is 9.49. The summed E-state index contributed by atoms with van der Waals surface area (Å²) >= 11 is 0. The van der Waals surface area contributed by atoms with Crippen LogP contribution in [-0.4, -0.2) is 40.0 Å². The van der Waals surface area contributed by atoms with E-state index in [0.29, 0.717) is 29.5 Å². The Bertz CT molecular complexity index is 1340. The van der Waals surface area contributed by atoms with Crippen molar-refractivity contribution in [3.05, 3.63) is 72.8 Å². The quantitative estimate of drug-likeness (QED) is 0.493. The predicted molar refractivity (Wildman–Crippen MR) is 132 cm³/mol. The van der Waals surface area contributed by atoms with Gasteiger partial charge in [-0.05, 0) is 55.5 Å². The third-order valence-electron chi connectivity index (χ3n) is 5.44. The first-order valence-corrected chi connectivity index (χ1v) is 12.4. The van der Waals surface area contributed by atoms with E-state index in [9.17, 15) is 18.0 Å². The van der Waals surface area contributed by atoms with Gasteiger partial charge in [0.15, 0.2) is 0 Å². The molecule has 1 atom stereocenters. The number of ether oxygens (including phenoxy) is 2. The van der Waals surface area contributed by atoms with Crippen LogP contribution in [-0.2, 0) is 19.6 Å².